The summed E-state index contributed by atoms with van der Waals surface area (Å²) in [7, 11) is 0. The fourth-order valence-corrected chi connectivity index (χ4v) is 6.30. The van der Waals surface area contributed by atoms with Crippen LogP contribution in [0.15, 0.2) is 12.1 Å². The first-order valence-electron chi connectivity index (χ1n) is 13.3. The third-order valence-corrected chi connectivity index (χ3v) is 8.46. The van der Waals surface area contributed by atoms with Crippen molar-refractivity contribution in [2.75, 3.05) is 6.61 Å². The number of ether oxygens (including phenoxy) is 1. The van der Waals surface area contributed by atoms with E-state index in [0.717, 1.165) is 18.8 Å². The Morgan fingerprint density at radius 2 is 1.91 bits per heavy atom. The second kappa shape index (κ2) is 10.3. The quantitative estimate of drug-likeness (QED) is 0.604. The number of imide groups is 1. The SMILES string of the molecule is CCC1CCC(N[C@H]2CCCO[C@@H]2Cc2ccc3c(c2F)CN(C2CCC(=O)NC2=O)C3=O)CC1. The van der Waals surface area contributed by atoms with Gasteiger partial charge in [-0.15, -0.1) is 0 Å². The lowest BCUT2D eigenvalue weighted by Crippen LogP contribution is -2.52. The molecule has 0 spiro atoms. The van der Waals surface area contributed by atoms with E-state index in [1.807, 2.05) is 0 Å². The minimum absolute atomic E-state index is 0.0496. The number of fused-ring (bicyclic) bond motifs is 1. The second-order valence-electron chi connectivity index (χ2n) is 10.6. The van der Waals surface area contributed by atoms with Crippen LogP contribution in [0, 0.1) is 11.7 Å². The van der Waals surface area contributed by atoms with Crippen molar-refractivity contribution in [3.63, 3.8) is 0 Å². The predicted molar refractivity (Wildman–Crippen MR) is 128 cm³/mol. The average molecular weight is 486 g/mol. The molecule has 3 atom stereocenters. The first kappa shape index (κ1) is 24.4. The summed E-state index contributed by atoms with van der Waals surface area (Å²) >= 11 is 0. The van der Waals surface area contributed by atoms with E-state index < -0.39 is 11.9 Å². The molecule has 4 aliphatic rings. The van der Waals surface area contributed by atoms with E-state index in [9.17, 15) is 14.4 Å². The standard InChI is InChI=1S/C27H36FN3O4/c1-2-16-5-8-18(9-6-16)29-21-4-3-13-35-23(21)14-17-7-10-19-20(25(17)28)15-31(27(19)34)22-11-12-24(32)30-26(22)33/h7,10,16,18,21-23,29H,2-6,8-9,11-15H2,1H3,(H,30,32,33)/t16?,18?,21-,22?,23+/m0/s1. The van der Waals surface area contributed by atoms with Crippen LogP contribution in [0.5, 0.6) is 0 Å². The smallest absolute Gasteiger partial charge is 0.255 e. The number of hydrogen-bond donors (Lipinski definition) is 2. The van der Waals surface area contributed by atoms with Gasteiger partial charge in [0.1, 0.15) is 11.9 Å². The highest BCUT2D eigenvalue weighted by atomic mass is 19.1. The van der Waals surface area contributed by atoms with E-state index in [1.165, 1.54) is 37.0 Å². The molecule has 1 aromatic carbocycles. The average Bonchev–Trinajstić information content (AvgIpc) is 3.19. The highest BCUT2D eigenvalue weighted by Crippen LogP contribution is 2.33. The van der Waals surface area contributed by atoms with Crippen molar-refractivity contribution in [1.82, 2.24) is 15.5 Å². The predicted octanol–water partition coefficient (Wildman–Crippen LogP) is 3.24. The summed E-state index contributed by atoms with van der Waals surface area (Å²) in [6.45, 7) is 3.00. The van der Waals surface area contributed by atoms with Gasteiger partial charge in [-0.2, -0.15) is 0 Å². The molecule has 1 saturated carbocycles. The molecule has 8 heteroatoms. The lowest BCUT2D eigenvalue weighted by molar-refractivity contribution is -0.136. The summed E-state index contributed by atoms with van der Waals surface area (Å²) in [6, 6.07) is 3.33. The van der Waals surface area contributed by atoms with Gasteiger partial charge in [0.05, 0.1) is 12.6 Å². The Hall–Kier alpha value is -2.32. The fraction of sp³-hybridized carbons (Fsp3) is 0.667. The van der Waals surface area contributed by atoms with Gasteiger partial charge in [0.15, 0.2) is 0 Å². The van der Waals surface area contributed by atoms with Gasteiger partial charge in [-0.25, -0.2) is 4.39 Å². The first-order chi connectivity index (χ1) is 16.9. The van der Waals surface area contributed by atoms with Gasteiger partial charge in [0.2, 0.25) is 11.8 Å². The molecule has 35 heavy (non-hydrogen) atoms. The van der Waals surface area contributed by atoms with Crippen LogP contribution in [0.3, 0.4) is 0 Å². The van der Waals surface area contributed by atoms with Crippen molar-refractivity contribution in [3.05, 3.63) is 34.6 Å². The van der Waals surface area contributed by atoms with Gasteiger partial charge < -0.3 is 15.0 Å². The fourth-order valence-electron chi connectivity index (χ4n) is 6.30. The molecule has 5 rings (SSSR count). The Bertz CT molecular complexity index is 991. The van der Waals surface area contributed by atoms with Crippen LogP contribution >= 0.6 is 0 Å². The Morgan fingerprint density at radius 1 is 1.11 bits per heavy atom. The summed E-state index contributed by atoms with van der Waals surface area (Å²) in [5.41, 5.74) is 1.20. The zero-order valence-electron chi connectivity index (χ0n) is 20.5. The molecule has 0 aromatic heterocycles. The summed E-state index contributed by atoms with van der Waals surface area (Å²) in [6.07, 6.45) is 8.97. The molecule has 1 unspecified atom stereocenters. The van der Waals surface area contributed by atoms with Gasteiger partial charge in [0.25, 0.3) is 5.91 Å². The maximum absolute atomic E-state index is 15.7. The Morgan fingerprint density at radius 3 is 2.66 bits per heavy atom. The van der Waals surface area contributed by atoms with E-state index in [2.05, 4.69) is 17.6 Å². The maximum atomic E-state index is 15.7. The van der Waals surface area contributed by atoms with Crippen molar-refractivity contribution in [2.24, 2.45) is 5.92 Å². The number of rotatable bonds is 6. The number of piperidine rings is 1. The molecular formula is C27H36FN3O4. The van der Waals surface area contributed by atoms with Crippen LogP contribution in [0.4, 0.5) is 4.39 Å². The van der Waals surface area contributed by atoms with Crippen LogP contribution in [0.1, 0.15) is 86.2 Å². The van der Waals surface area contributed by atoms with Crippen molar-refractivity contribution in [3.8, 4) is 0 Å². The normalized spacial score (nSPS) is 31.4. The number of amides is 3. The number of carbonyl (C=O) groups is 3. The van der Waals surface area contributed by atoms with E-state index in [-0.39, 0.29) is 49.2 Å². The van der Waals surface area contributed by atoms with Crippen LogP contribution < -0.4 is 10.6 Å². The number of carbonyl (C=O) groups excluding carboxylic acids is 3. The van der Waals surface area contributed by atoms with Crippen LogP contribution in [0.2, 0.25) is 0 Å². The van der Waals surface area contributed by atoms with E-state index in [0.29, 0.717) is 35.8 Å². The third kappa shape index (κ3) is 5.00. The first-order valence-corrected chi connectivity index (χ1v) is 13.3. The number of nitrogens with one attached hydrogen (secondary N) is 2. The van der Waals surface area contributed by atoms with Crippen LogP contribution in [-0.2, 0) is 27.3 Å². The minimum atomic E-state index is -0.742. The summed E-state index contributed by atoms with van der Waals surface area (Å²) in [5, 5.41) is 6.12. The number of hydrogen-bond acceptors (Lipinski definition) is 5. The minimum Gasteiger partial charge on any atom is -0.376 e. The van der Waals surface area contributed by atoms with Gasteiger partial charge >= 0.3 is 0 Å². The van der Waals surface area contributed by atoms with E-state index in [4.69, 9.17) is 4.74 Å². The third-order valence-electron chi connectivity index (χ3n) is 8.46. The van der Waals surface area contributed by atoms with Crippen molar-refractivity contribution >= 4 is 17.7 Å². The zero-order valence-corrected chi connectivity index (χ0v) is 20.5. The highest BCUT2D eigenvalue weighted by molar-refractivity contribution is 6.05. The molecule has 3 amide bonds. The number of benzene rings is 1. The monoisotopic (exact) mass is 485 g/mol. The maximum Gasteiger partial charge on any atom is 0.255 e. The number of halogens is 1. The molecule has 7 nitrogen and oxygen atoms in total. The van der Waals surface area contributed by atoms with Crippen LogP contribution in [0.25, 0.3) is 0 Å². The Kier molecular flexibility index (Phi) is 7.21. The lowest BCUT2D eigenvalue weighted by atomic mass is 9.83. The molecule has 3 aliphatic heterocycles. The molecule has 3 fully saturated rings. The van der Waals surface area contributed by atoms with E-state index >= 15 is 4.39 Å². The molecule has 0 bridgehead atoms. The van der Waals surface area contributed by atoms with Gasteiger partial charge in [0, 0.05) is 42.7 Å². The summed E-state index contributed by atoms with van der Waals surface area (Å²) in [5.74, 6) is -0.703. The molecule has 0 radical (unpaired) electrons. The summed E-state index contributed by atoms with van der Waals surface area (Å²) in [4.78, 5) is 38.1. The molecule has 2 N–H and O–H groups in total. The van der Waals surface area contributed by atoms with Crippen molar-refractivity contribution < 1.29 is 23.5 Å². The summed E-state index contributed by atoms with van der Waals surface area (Å²) < 4.78 is 21.8. The molecule has 2 saturated heterocycles. The molecular weight excluding hydrogens is 449 g/mol. The lowest BCUT2D eigenvalue weighted by Gasteiger charge is -2.37. The molecule has 3 heterocycles. The van der Waals surface area contributed by atoms with E-state index in [1.54, 1.807) is 12.1 Å². The number of nitrogens with zero attached hydrogens (tertiary/aromatic N) is 1. The van der Waals surface area contributed by atoms with Gasteiger partial charge in [-0.1, -0.05) is 19.4 Å². The zero-order chi connectivity index (χ0) is 24.5. The second-order valence-corrected chi connectivity index (χ2v) is 10.6. The van der Waals surface area contributed by atoms with Crippen LogP contribution in [-0.4, -0.2) is 53.5 Å². The van der Waals surface area contributed by atoms with Gasteiger partial charge in [-0.3, -0.25) is 19.7 Å². The highest BCUT2D eigenvalue weighted by Gasteiger charge is 2.41. The molecule has 1 aromatic rings. The van der Waals surface area contributed by atoms with Crippen molar-refractivity contribution in [1.29, 1.82) is 0 Å². The topological polar surface area (TPSA) is 87.7 Å². The van der Waals surface area contributed by atoms with Gasteiger partial charge in [-0.05, 0) is 62.5 Å². The Labute approximate surface area is 206 Å². The molecule has 190 valence electrons. The molecule has 1 aliphatic carbocycles. The largest absolute Gasteiger partial charge is 0.376 e. The van der Waals surface area contributed by atoms with Crippen molar-refractivity contribution in [2.45, 2.75) is 102 Å². The Balaban J connectivity index is 1.27.